The van der Waals surface area contributed by atoms with Crippen molar-refractivity contribution in [3.63, 3.8) is 0 Å². The van der Waals surface area contributed by atoms with Gasteiger partial charge in [-0.2, -0.15) is 0 Å². The Balaban J connectivity index is 1.52. The topological polar surface area (TPSA) is 78.9 Å². The summed E-state index contributed by atoms with van der Waals surface area (Å²) in [7, 11) is 1.67. The van der Waals surface area contributed by atoms with Crippen LogP contribution in [-0.2, 0) is 17.0 Å². The zero-order valence-electron chi connectivity index (χ0n) is 15.7. The number of halogens is 1. The molecular weight excluding hydrogens is 410 g/mol. The highest BCUT2D eigenvalue weighted by molar-refractivity contribution is 7.98. The Morgan fingerprint density at radius 3 is 2.79 bits per heavy atom. The number of nitrogens with zero attached hydrogens (tertiary/aromatic N) is 5. The molecule has 0 spiro atoms. The summed E-state index contributed by atoms with van der Waals surface area (Å²) in [5.41, 5.74) is 1.85. The van der Waals surface area contributed by atoms with Crippen molar-refractivity contribution < 1.29 is 9.15 Å². The van der Waals surface area contributed by atoms with Crippen molar-refractivity contribution in [2.75, 3.05) is 13.7 Å². The summed E-state index contributed by atoms with van der Waals surface area (Å²) in [4.78, 5) is 8.44. The van der Waals surface area contributed by atoms with Gasteiger partial charge in [-0.3, -0.25) is 9.55 Å². The van der Waals surface area contributed by atoms with E-state index in [0.717, 1.165) is 22.1 Å². The third kappa shape index (κ3) is 4.67. The van der Waals surface area contributed by atoms with E-state index in [1.165, 1.54) is 11.8 Å². The highest BCUT2D eigenvalue weighted by atomic mass is 35.5. The molecule has 0 N–H and O–H groups in total. The first-order chi connectivity index (χ1) is 14.2. The molecule has 9 heteroatoms. The van der Waals surface area contributed by atoms with Gasteiger partial charge in [-0.05, 0) is 24.3 Å². The van der Waals surface area contributed by atoms with Gasteiger partial charge in [0.25, 0.3) is 0 Å². The van der Waals surface area contributed by atoms with E-state index >= 15 is 0 Å². The number of hydrogen-bond donors (Lipinski definition) is 0. The summed E-state index contributed by atoms with van der Waals surface area (Å²) in [6.45, 7) is 1.20. The van der Waals surface area contributed by atoms with E-state index in [-0.39, 0.29) is 0 Å². The molecule has 3 aromatic heterocycles. The minimum Gasteiger partial charge on any atom is -0.440 e. The summed E-state index contributed by atoms with van der Waals surface area (Å²) in [5.74, 6) is 2.60. The summed E-state index contributed by atoms with van der Waals surface area (Å²) < 4.78 is 13.2. The third-order valence-electron chi connectivity index (χ3n) is 4.16. The maximum atomic E-state index is 6.06. The minimum absolute atomic E-state index is 0.530. The highest BCUT2D eigenvalue weighted by Gasteiger charge is 2.16. The Kier molecular flexibility index (Phi) is 6.24. The number of benzene rings is 1. The molecule has 7 nitrogen and oxygen atoms in total. The lowest BCUT2D eigenvalue weighted by Crippen LogP contribution is -2.07. The lowest BCUT2D eigenvalue weighted by molar-refractivity contribution is 0.185. The number of ether oxygens (including phenoxy) is 1. The zero-order valence-corrected chi connectivity index (χ0v) is 17.2. The maximum absolute atomic E-state index is 6.06. The van der Waals surface area contributed by atoms with E-state index in [0.29, 0.717) is 35.6 Å². The Hall–Kier alpha value is -2.68. The molecule has 4 rings (SSSR count). The van der Waals surface area contributed by atoms with Crippen LogP contribution < -0.4 is 0 Å². The number of thioether (sulfide) groups is 1. The molecule has 1 aromatic carbocycles. The van der Waals surface area contributed by atoms with Gasteiger partial charge >= 0.3 is 0 Å². The number of hydrogen-bond acceptors (Lipinski definition) is 7. The molecule has 0 radical (unpaired) electrons. The second-order valence-corrected chi connectivity index (χ2v) is 7.48. The van der Waals surface area contributed by atoms with Gasteiger partial charge in [0.15, 0.2) is 16.7 Å². The van der Waals surface area contributed by atoms with Crippen LogP contribution in [0.4, 0.5) is 0 Å². The average molecular weight is 428 g/mol. The van der Waals surface area contributed by atoms with Crippen LogP contribution in [0.15, 0.2) is 64.6 Å². The molecule has 0 aliphatic rings. The largest absolute Gasteiger partial charge is 0.440 e. The van der Waals surface area contributed by atoms with Gasteiger partial charge in [-0.1, -0.05) is 35.5 Å². The molecule has 0 unspecified atom stereocenters. The van der Waals surface area contributed by atoms with Gasteiger partial charge in [-0.15, -0.1) is 10.2 Å². The molecule has 0 aliphatic carbocycles. The van der Waals surface area contributed by atoms with Crippen molar-refractivity contribution in [2.45, 2.75) is 17.5 Å². The second-order valence-electron chi connectivity index (χ2n) is 6.10. The number of aromatic nitrogens is 5. The first-order valence-corrected chi connectivity index (χ1v) is 10.3. The van der Waals surface area contributed by atoms with Crippen LogP contribution in [0.3, 0.4) is 0 Å². The average Bonchev–Trinajstić information content (AvgIpc) is 3.38. The van der Waals surface area contributed by atoms with E-state index in [2.05, 4.69) is 20.2 Å². The molecule has 0 saturated heterocycles. The molecule has 0 aliphatic heterocycles. The third-order valence-corrected chi connectivity index (χ3v) is 5.35. The smallest absolute Gasteiger partial charge is 0.205 e. The Labute approximate surface area is 177 Å². The van der Waals surface area contributed by atoms with Gasteiger partial charge in [-0.25, -0.2) is 4.98 Å². The molecule has 29 heavy (non-hydrogen) atoms. The molecule has 0 atom stereocenters. The monoisotopic (exact) mass is 427 g/mol. The molecule has 0 fully saturated rings. The number of methoxy groups -OCH3 is 1. The summed E-state index contributed by atoms with van der Waals surface area (Å²) >= 11 is 7.57. The van der Waals surface area contributed by atoms with Gasteiger partial charge in [0.05, 0.1) is 25.1 Å². The van der Waals surface area contributed by atoms with Gasteiger partial charge in [0.2, 0.25) is 5.89 Å². The number of pyridine rings is 1. The number of rotatable bonds is 8. The molecule has 0 saturated carbocycles. The fourth-order valence-electron chi connectivity index (χ4n) is 2.77. The predicted molar refractivity (Wildman–Crippen MR) is 112 cm³/mol. The standard InChI is InChI=1S/C20H18ClN5O2S/c1-27-10-9-26-19(14-5-7-22-8-6-14)24-25-20(26)29-13-18-23-12-17(28-18)15-3-2-4-16(21)11-15/h2-8,11-12H,9-10,13H2,1H3. The zero-order chi connectivity index (χ0) is 20.1. The molecule has 0 bridgehead atoms. The van der Waals surface area contributed by atoms with E-state index in [9.17, 15) is 0 Å². The highest BCUT2D eigenvalue weighted by Crippen LogP contribution is 2.28. The maximum Gasteiger partial charge on any atom is 0.205 e. The molecule has 3 heterocycles. The lowest BCUT2D eigenvalue weighted by atomic mass is 10.2. The van der Waals surface area contributed by atoms with Crippen LogP contribution in [0.2, 0.25) is 5.02 Å². The van der Waals surface area contributed by atoms with Crippen LogP contribution in [0.1, 0.15) is 5.89 Å². The SMILES string of the molecule is COCCn1c(SCc2ncc(-c3cccc(Cl)c3)o2)nnc1-c1ccncc1. The van der Waals surface area contributed by atoms with E-state index < -0.39 is 0 Å². The van der Waals surface area contributed by atoms with E-state index in [1.54, 1.807) is 25.7 Å². The normalized spacial score (nSPS) is 11.1. The van der Waals surface area contributed by atoms with Gasteiger partial charge in [0.1, 0.15) is 0 Å². The second kappa shape index (κ2) is 9.21. The van der Waals surface area contributed by atoms with Crippen LogP contribution in [-0.4, -0.2) is 38.4 Å². The van der Waals surface area contributed by atoms with Crippen LogP contribution in [0, 0.1) is 0 Å². The van der Waals surface area contributed by atoms with Crippen LogP contribution >= 0.6 is 23.4 Å². The summed E-state index contributed by atoms with van der Waals surface area (Å²) in [6.07, 6.45) is 5.18. The molecule has 4 aromatic rings. The first-order valence-electron chi connectivity index (χ1n) is 8.90. The number of oxazole rings is 1. The quantitative estimate of drug-likeness (QED) is 0.380. The fraction of sp³-hybridized carbons (Fsp3) is 0.200. The van der Waals surface area contributed by atoms with Crippen LogP contribution in [0.5, 0.6) is 0 Å². The van der Waals surface area contributed by atoms with Crippen LogP contribution in [0.25, 0.3) is 22.7 Å². The predicted octanol–water partition coefficient (Wildman–Crippen LogP) is 4.59. The molecular formula is C20H18ClN5O2S. The molecule has 0 amide bonds. The molecule has 148 valence electrons. The fourth-order valence-corrected chi connectivity index (χ4v) is 3.78. The first kappa shape index (κ1) is 19.6. The van der Waals surface area contributed by atoms with Gasteiger partial charge in [0, 0.05) is 35.7 Å². The minimum atomic E-state index is 0.530. The van der Waals surface area contributed by atoms with Crippen molar-refractivity contribution in [1.29, 1.82) is 0 Å². The Morgan fingerprint density at radius 2 is 2.00 bits per heavy atom. The summed E-state index contributed by atoms with van der Waals surface area (Å²) in [5, 5.41) is 10.1. The Bertz CT molecular complexity index is 1080. The van der Waals surface area contributed by atoms with Crippen molar-refractivity contribution in [3.05, 3.63) is 65.9 Å². The van der Waals surface area contributed by atoms with Gasteiger partial charge < -0.3 is 9.15 Å². The van der Waals surface area contributed by atoms with Crippen molar-refractivity contribution in [3.8, 4) is 22.7 Å². The van der Waals surface area contributed by atoms with Crippen molar-refractivity contribution in [1.82, 2.24) is 24.7 Å². The summed E-state index contributed by atoms with van der Waals surface area (Å²) in [6, 6.07) is 11.3. The van der Waals surface area contributed by atoms with E-state index in [4.69, 9.17) is 20.8 Å². The Morgan fingerprint density at radius 1 is 1.14 bits per heavy atom. The van der Waals surface area contributed by atoms with Crippen molar-refractivity contribution in [2.24, 2.45) is 0 Å². The van der Waals surface area contributed by atoms with Crippen molar-refractivity contribution >= 4 is 23.4 Å². The lowest BCUT2D eigenvalue weighted by Gasteiger charge is -2.09. The van der Waals surface area contributed by atoms with E-state index in [1.807, 2.05) is 41.0 Å².